The van der Waals surface area contributed by atoms with Gasteiger partial charge in [0.05, 0.1) is 11.4 Å². The summed E-state index contributed by atoms with van der Waals surface area (Å²) in [5.41, 5.74) is 5.63. The van der Waals surface area contributed by atoms with Crippen LogP contribution in [0.2, 0.25) is 0 Å². The molecule has 0 aliphatic rings. The highest BCUT2D eigenvalue weighted by Crippen LogP contribution is 2.30. The maximum Gasteiger partial charge on any atom is 0.118 e. The molecular formula is C17H25N3O. The highest BCUT2D eigenvalue weighted by atomic mass is 16.3. The molecule has 0 saturated carbocycles. The normalized spacial score (nSPS) is 11.3. The summed E-state index contributed by atoms with van der Waals surface area (Å²) in [6.45, 7) is 5.12. The monoisotopic (exact) mass is 287 g/mol. The lowest BCUT2D eigenvalue weighted by Crippen LogP contribution is -2.15. The number of aryl methyl sites for hydroxylation is 2. The number of hydrogen-bond acceptors (Lipinski definition) is 3. The van der Waals surface area contributed by atoms with Gasteiger partial charge in [0.2, 0.25) is 0 Å². The van der Waals surface area contributed by atoms with E-state index in [1.807, 2.05) is 31.9 Å². The molecule has 0 aliphatic heterocycles. The lowest BCUT2D eigenvalue weighted by molar-refractivity contribution is 0.406. The zero-order valence-electron chi connectivity index (χ0n) is 13.6. The Morgan fingerprint density at radius 2 is 2.00 bits per heavy atom. The number of aromatic nitrogens is 2. The number of aromatic hydroxyl groups is 1. The molecule has 1 aromatic heterocycles. The first kappa shape index (κ1) is 15.6. The van der Waals surface area contributed by atoms with Crippen LogP contribution in [-0.4, -0.2) is 40.4 Å². The first-order valence-electron chi connectivity index (χ1n) is 7.43. The summed E-state index contributed by atoms with van der Waals surface area (Å²) < 4.78 is 1.94. The number of nitrogens with zero attached hydrogens (tertiary/aromatic N) is 3. The van der Waals surface area contributed by atoms with Crippen molar-refractivity contribution < 1.29 is 5.11 Å². The van der Waals surface area contributed by atoms with Crippen LogP contribution in [0.15, 0.2) is 18.2 Å². The molecule has 0 amide bonds. The average molecular weight is 287 g/mol. The van der Waals surface area contributed by atoms with Crippen LogP contribution in [0.1, 0.15) is 23.7 Å². The molecule has 0 atom stereocenters. The lowest BCUT2D eigenvalue weighted by Gasteiger charge is -2.12. The molecule has 0 bridgehead atoms. The van der Waals surface area contributed by atoms with Gasteiger partial charge in [-0.1, -0.05) is 6.92 Å². The lowest BCUT2D eigenvalue weighted by atomic mass is 10.00. The Kier molecular flexibility index (Phi) is 4.68. The van der Waals surface area contributed by atoms with Crippen molar-refractivity contribution in [2.45, 2.75) is 26.7 Å². The Bertz CT molecular complexity index is 629. The molecule has 2 aromatic rings. The summed E-state index contributed by atoms with van der Waals surface area (Å²) in [7, 11) is 6.06. The van der Waals surface area contributed by atoms with E-state index in [0.717, 1.165) is 41.9 Å². The van der Waals surface area contributed by atoms with Gasteiger partial charge < -0.3 is 10.0 Å². The number of hydrogen-bond donors (Lipinski definition) is 1. The fourth-order valence-corrected chi connectivity index (χ4v) is 2.76. The summed E-state index contributed by atoms with van der Waals surface area (Å²) in [6, 6.07) is 5.86. The maximum absolute atomic E-state index is 10.1. The van der Waals surface area contributed by atoms with Crippen LogP contribution in [-0.2, 0) is 19.9 Å². The second kappa shape index (κ2) is 6.31. The van der Waals surface area contributed by atoms with E-state index in [1.165, 1.54) is 5.56 Å². The van der Waals surface area contributed by atoms with Gasteiger partial charge in [0.25, 0.3) is 0 Å². The second-order valence-electron chi connectivity index (χ2n) is 5.79. The minimum atomic E-state index is 0.373. The van der Waals surface area contributed by atoms with Gasteiger partial charge in [-0.25, -0.2) is 0 Å². The zero-order valence-corrected chi connectivity index (χ0v) is 13.6. The van der Waals surface area contributed by atoms with Crippen molar-refractivity contribution >= 4 is 0 Å². The Morgan fingerprint density at radius 1 is 1.29 bits per heavy atom. The molecule has 0 saturated heterocycles. The first-order chi connectivity index (χ1) is 9.93. The Hall–Kier alpha value is -1.81. The fraction of sp³-hybridized carbons (Fsp3) is 0.471. The van der Waals surface area contributed by atoms with E-state index in [9.17, 15) is 5.11 Å². The standard InChI is InChI=1S/C17H25N3O/c1-6-15-12(2)18-20(5)17(15)14-7-8-16(21)13(11-14)9-10-19(3)4/h7-8,11,21H,6,9-10H2,1-5H3. The summed E-state index contributed by atoms with van der Waals surface area (Å²) in [5, 5.41) is 14.6. The van der Waals surface area contributed by atoms with Gasteiger partial charge in [0.15, 0.2) is 0 Å². The molecule has 2 rings (SSSR count). The molecular weight excluding hydrogens is 262 g/mol. The van der Waals surface area contributed by atoms with E-state index in [4.69, 9.17) is 0 Å². The molecule has 0 radical (unpaired) electrons. The smallest absolute Gasteiger partial charge is 0.118 e. The van der Waals surface area contributed by atoms with Crippen LogP contribution < -0.4 is 0 Å². The molecule has 4 heteroatoms. The van der Waals surface area contributed by atoms with Gasteiger partial charge in [-0.05, 0) is 57.6 Å². The number of rotatable bonds is 5. The molecule has 4 nitrogen and oxygen atoms in total. The number of phenols is 1. The van der Waals surface area contributed by atoms with E-state index in [-0.39, 0.29) is 0 Å². The van der Waals surface area contributed by atoms with E-state index in [1.54, 1.807) is 6.07 Å². The van der Waals surface area contributed by atoms with Gasteiger partial charge in [-0.15, -0.1) is 0 Å². The Labute approximate surface area is 127 Å². The van der Waals surface area contributed by atoms with Gasteiger partial charge in [-0.3, -0.25) is 4.68 Å². The predicted molar refractivity (Wildman–Crippen MR) is 86.7 cm³/mol. The molecule has 0 unspecified atom stereocenters. The quantitative estimate of drug-likeness (QED) is 0.919. The molecule has 0 aliphatic carbocycles. The van der Waals surface area contributed by atoms with E-state index in [2.05, 4.69) is 29.9 Å². The highest BCUT2D eigenvalue weighted by molar-refractivity contribution is 5.66. The molecule has 1 aromatic carbocycles. The van der Waals surface area contributed by atoms with Crippen molar-refractivity contribution in [1.82, 2.24) is 14.7 Å². The van der Waals surface area contributed by atoms with Crippen LogP contribution in [0.4, 0.5) is 0 Å². The van der Waals surface area contributed by atoms with E-state index >= 15 is 0 Å². The minimum absolute atomic E-state index is 0.373. The summed E-state index contributed by atoms with van der Waals surface area (Å²) in [6.07, 6.45) is 1.80. The van der Waals surface area contributed by atoms with Gasteiger partial charge in [0, 0.05) is 24.7 Å². The van der Waals surface area contributed by atoms with Crippen molar-refractivity contribution in [1.29, 1.82) is 0 Å². The maximum atomic E-state index is 10.1. The van der Waals surface area contributed by atoms with Crippen molar-refractivity contribution in [3.8, 4) is 17.0 Å². The third-order valence-corrected chi connectivity index (χ3v) is 3.88. The minimum Gasteiger partial charge on any atom is -0.508 e. The van der Waals surface area contributed by atoms with Crippen LogP contribution in [0.3, 0.4) is 0 Å². The molecule has 0 spiro atoms. The molecule has 114 valence electrons. The van der Waals surface area contributed by atoms with Crippen LogP contribution in [0, 0.1) is 6.92 Å². The van der Waals surface area contributed by atoms with Crippen molar-refractivity contribution in [3.63, 3.8) is 0 Å². The number of likely N-dealkylation sites (N-methyl/N-ethyl adjacent to an activating group) is 1. The van der Waals surface area contributed by atoms with Crippen molar-refractivity contribution in [3.05, 3.63) is 35.0 Å². The van der Waals surface area contributed by atoms with Gasteiger partial charge >= 0.3 is 0 Å². The molecule has 21 heavy (non-hydrogen) atoms. The molecule has 0 fully saturated rings. The Balaban J connectivity index is 2.43. The predicted octanol–water partition coefficient (Wildman–Crippen LogP) is 2.77. The summed E-state index contributed by atoms with van der Waals surface area (Å²) in [5.74, 6) is 0.373. The van der Waals surface area contributed by atoms with Crippen LogP contribution >= 0.6 is 0 Å². The van der Waals surface area contributed by atoms with Gasteiger partial charge in [0.1, 0.15) is 5.75 Å². The van der Waals surface area contributed by atoms with Crippen molar-refractivity contribution in [2.24, 2.45) is 7.05 Å². The summed E-state index contributed by atoms with van der Waals surface area (Å²) in [4.78, 5) is 2.12. The van der Waals surface area contributed by atoms with Crippen LogP contribution in [0.5, 0.6) is 5.75 Å². The van der Waals surface area contributed by atoms with Gasteiger partial charge in [-0.2, -0.15) is 5.10 Å². The van der Waals surface area contributed by atoms with Crippen LogP contribution in [0.25, 0.3) is 11.3 Å². The SMILES string of the molecule is CCc1c(C)nn(C)c1-c1ccc(O)c(CCN(C)C)c1. The van der Waals surface area contributed by atoms with E-state index in [0.29, 0.717) is 5.75 Å². The average Bonchev–Trinajstić information content (AvgIpc) is 2.71. The van der Waals surface area contributed by atoms with Crippen molar-refractivity contribution in [2.75, 3.05) is 20.6 Å². The fourth-order valence-electron chi connectivity index (χ4n) is 2.76. The largest absolute Gasteiger partial charge is 0.508 e. The number of phenolic OH excluding ortho intramolecular Hbond substituents is 1. The first-order valence-corrected chi connectivity index (χ1v) is 7.43. The second-order valence-corrected chi connectivity index (χ2v) is 5.79. The molecule has 1 N–H and O–H groups in total. The zero-order chi connectivity index (χ0) is 15.6. The third kappa shape index (κ3) is 3.27. The number of benzene rings is 1. The topological polar surface area (TPSA) is 41.3 Å². The third-order valence-electron chi connectivity index (χ3n) is 3.88. The molecule has 1 heterocycles. The van der Waals surface area contributed by atoms with E-state index < -0.39 is 0 Å². The highest BCUT2D eigenvalue weighted by Gasteiger charge is 2.15. The Morgan fingerprint density at radius 3 is 2.62 bits per heavy atom. The summed E-state index contributed by atoms with van der Waals surface area (Å²) >= 11 is 0.